The summed E-state index contributed by atoms with van der Waals surface area (Å²) in [6.45, 7) is 4.59. The van der Waals surface area contributed by atoms with Crippen molar-refractivity contribution in [2.45, 2.75) is 38.3 Å². The Labute approximate surface area is 126 Å². The number of rotatable bonds is 3. The normalized spacial score (nSPS) is 23.1. The molecule has 0 aliphatic carbocycles. The van der Waals surface area contributed by atoms with E-state index in [1.54, 1.807) is 14.0 Å². The lowest BCUT2D eigenvalue weighted by Crippen LogP contribution is -2.43. The zero-order valence-corrected chi connectivity index (χ0v) is 13.0. The van der Waals surface area contributed by atoms with E-state index in [1.165, 1.54) is 5.56 Å². The molecule has 1 aromatic carbocycles. The summed E-state index contributed by atoms with van der Waals surface area (Å²) in [5.74, 6) is 1.30. The molecule has 0 radical (unpaired) electrons. The van der Waals surface area contributed by atoms with E-state index in [0.29, 0.717) is 5.92 Å². The first-order chi connectivity index (χ1) is 9.02. The fourth-order valence-corrected chi connectivity index (χ4v) is 2.72. The van der Waals surface area contributed by atoms with Gasteiger partial charge in [0.2, 0.25) is 5.91 Å². The number of methoxy groups -OCH3 is 1. The number of nitrogens with two attached hydrogens (primary N) is 1. The number of amides is 1. The molecule has 1 heterocycles. The van der Waals surface area contributed by atoms with E-state index in [9.17, 15) is 4.79 Å². The summed E-state index contributed by atoms with van der Waals surface area (Å²) in [7, 11) is 1.66. The van der Waals surface area contributed by atoms with Gasteiger partial charge in [0.25, 0.3) is 0 Å². The summed E-state index contributed by atoms with van der Waals surface area (Å²) in [6.07, 6.45) is 0.991. The highest BCUT2D eigenvalue weighted by Gasteiger charge is 2.34. The van der Waals surface area contributed by atoms with Crippen LogP contribution in [0.5, 0.6) is 5.75 Å². The second kappa shape index (κ2) is 6.95. The molecule has 112 valence electrons. The minimum atomic E-state index is -0.419. The van der Waals surface area contributed by atoms with E-state index in [1.807, 2.05) is 17.0 Å². The third kappa shape index (κ3) is 3.44. The SMILES string of the molecule is COc1ccc(C2CC(C)N(C(=O)[C@@H](C)N)C2)cc1.Cl. The maximum absolute atomic E-state index is 12.0. The van der Waals surface area contributed by atoms with Crippen molar-refractivity contribution in [2.24, 2.45) is 5.73 Å². The summed E-state index contributed by atoms with van der Waals surface area (Å²) in [4.78, 5) is 13.9. The second-order valence-corrected chi connectivity index (χ2v) is 5.33. The Morgan fingerprint density at radius 2 is 2.00 bits per heavy atom. The average Bonchev–Trinajstić information content (AvgIpc) is 2.80. The van der Waals surface area contributed by atoms with E-state index in [0.717, 1.165) is 18.7 Å². The zero-order chi connectivity index (χ0) is 14.0. The Kier molecular flexibility index (Phi) is 5.84. The Bertz CT molecular complexity index is 448. The van der Waals surface area contributed by atoms with Crippen molar-refractivity contribution in [3.63, 3.8) is 0 Å². The summed E-state index contributed by atoms with van der Waals surface area (Å²) in [5, 5.41) is 0. The van der Waals surface area contributed by atoms with Gasteiger partial charge < -0.3 is 15.4 Å². The van der Waals surface area contributed by atoms with Gasteiger partial charge in [-0.1, -0.05) is 12.1 Å². The van der Waals surface area contributed by atoms with E-state index in [4.69, 9.17) is 10.5 Å². The number of benzene rings is 1. The van der Waals surface area contributed by atoms with Crippen LogP contribution >= 0.6 is 12.4 Å². The number of hydrogen-bond donors (Lipinski definition) is 1. The quantitative estimate of drug-likeness (QED) is 0.930. The number of likely N-dealkylation sites (tertiary alicyclic amines) is 1. The van der Waals surface area contributed by atoms with Crippen molar-refractivity contribution in [3.8, 4) is 5.75 Å². The fraction of sp³-hybridized carbons (Fsp3) is 0.533. The van der Waals surface area contributed by atoms with Crippen molar-refractivity contribution in [3.05, 3.63) is 29.8 Å². The molecule has 0 saturated carbocycles. The standard InChI is InChI=1S/C15H22N2O2.ClH/c1-10-8-13(9-17(10)15(18)11(2)16)12-4-6-14(19-3)7-5-12;/h4-7,10-11,13H,8-9,16H2,1-3H3;1H/t10?,11-,13?;/m1./s1. The molecule has 1 aliphatic rings. The summed E-state index contributed by atoms with van der Waals surface area (Å²) < 4.78 is 5.16. The van der Waals surface area contributed by atoms with Crippen LogP contribution in [0.1, 0.15) is 31.7 Å². The van der Waals surface area contributed by atoms with Gasteiger partial charge in [-0.05, 0) is 38.0 Å². The fourth-order valence-electron chi connectivity index (χ4n) is 2.72. The van der Waals surface area contributed by atoms with Gasteiger partial charge in [-0.3, -0.25) is 4.79 Å². The maximum Gasteiger partial charge on any atom is 0.239 e. The Morgan fingerprint density at radius 3 is 2.50 bits per heavy atom. The van der Waals surface area contributed by atoms with Gasteiger partial charge >= 0.3 is 0 Å². The number of halogens is 1. The van der Waals surface area contributed by atoms with Crippen LogP contribution in [0.15, 0.2) is 24.3 Å². The highest BCUT2D eigenvalue weighted by molar-refractivity contribution is 5.85. The van der Waals surface area contributed by atoms with Crippen molar-refractivity contribution in [2.75, 3.05) is 13.7 Å². The number of ether oxygens (including phenoxy) is 1. The van der Waals surface area contributed by atoms with Gasteiger partial charge in [-0.2, -0.15) is 0 Å². The topological polar surface area (TPSA) is 55.6 Å². The molecule has 1 amide bonds. The monoisotopic (exact) mass is 298 g/mol. The van der Waals surface area contributed by atoms with Crippen molar-refractivity contribution in [1.82, 2.24) is 4.90 Å². The lowest BCUT2D eigenvalue weighted by Gasteiger charge is -2.23. The molecular formula is C15H23ClN2O2. The maximum atomic E-state index is 12.0. The van der Waals surface area contributed by atoms with Crippen molar-refractivity contribution in [1.29, 1.82) is 0 Å². The molecule has 3 atom stereocenters. The van der Waals surface area contributed by atoms with Gasteiger partial charge in [0, 0.05) is 18.5 Å². The molecule has 2 rings (SSSR count). The van der Waals surface area contributed by atoms with Crippen LogP contribution < -0.4 is 10.5 Å². The van der Waals surface area contributed by atoms with Gasteiger partial charge in [-0.15, -0.1) is 12.4 Å². The van der Waals surface area contributed by atoms with Crippen LogP contribution in [0.4, 0.5) is 0 Å². The van der Waals surface area contributed by atoms with E-state index in [2.05, 4.69) is 19.1 Å². The van der Waals surface area contributed by atoms with E-state index < -0.39 is 6.04 Å². The molecule has 0 bridgehead atoms. The Morgan fingerprint density at radius 1 is 1.40 bits per heavy atom. The predicted molar refractivity (Wildman–Crippen MR) is 82.4 cm³/mol. The van der Waals surface area contributed by atoms with Crippen LogP contribution in [0, 0.1) is 0 Å². The number of hydrogen-bond acceptors (Lipinski definition) is 3. The zero-order valence-electron chi connectivity index (χ0n) is 12.2. The largest absolute Gasteiger partial charge is 0.497 e. The number of nitrogens with zero attached hydrogens (tertiary/aromatic N) is 1. The van der Waals surface area contributed by atoms with Crippen LogP contribution in [-0.2, 0) is 4.79 Å². The third-order valence-corrected chi connectivity index (χ3v) is 3.83. The number of carbonyl (C=O) groups excluding carboxylic acids is 1. The molecule has 5 heteroatoms. The van der Waals surface area contributed by atoms with Crippen LogP contribution in [0.2, 0.25) is 0 Å². The minimum Gasteiger partial charge on any atom is -0.497 e. The van der Waals surface area contributed by atoms with E-state index in [-0.39, 0.29) is 24.4 Å². The molecule has 20 heavy (non-hydrogen) atoms. The highest BCUT2D eigenvalue weighted by atomic mass is 35.5. The molecule has 2 N–H and O–H groups in total. The van der Waals surface area contributed by atoms with Crippen LogP contribution in [0.25, 0.3) is 0 Å². The first-order valence-electron chi connectivity index (χ1n) is 6.73. The van der Waals surface area contributed by atoms with E-state index >= 15 is 0 Å². The molecule has 4 nitrogen and oxygen atoms in total. The van der Waals surface area contributed by atoms with Crippen LogP contribution in [0.3, 0.4) is 0 Å². The van der Waals surface area contributed by atoms with Gasteiger partial charge in [-0.25, -0.2) is 0 Å². The summed E-state index contributed by atoms with van der Waals surface area (Å²) in [5.41, 5.74) is 6.95. The molecule has 0 spiro atoms. The molecule has 1 fully saturated rings. The van der Waals surface area contributed by atoms with Crippen molar-refractivity contribution >= 4 is 18.3 Å². The molecule has 2 unspecified atom stereocenters. The molecule has 1 aliphatic heterocycles. The first kappa shape index (κ1) is 16.8. The average molecular weight is 299 g/mol. The van der Waals surface area contributed by atoms with Gasteiger partial charge in [0.1, 0.15) is 5.75 Å². The molecule has 1 aromatic rings. The third-order valence-electron chi connectivity index (χ3n) is 3.83. The minimum absolute atomic E-state index is 0. The molecule has 0 aromatic heterocycles. The molecule has 1 saturated heterocycles. The lowest BCUT2D eigenvalue weighted by molar-refractivity contribution is -0.132. The number of carbonyl (C=O) groups is 1. The molecular weight excluding hydrogens is 276 g/mol. The van der Waals surface area contributed by atoms with Crippen LogP contribution in [-0.4, -0.2) is 36.5 Å². The lowest BCUT2D eigenvalue weighted by atomic mass is 9.97. The first-order valence-corrected chi connectivity index (χ1v) is 6.73. The van der Waals surface area contributed by atoms with Gasteiger partial charge in [0.15, 0.2) is 0 Å². The highest BCUT2D eigenvalue weighted by Crippen LogP contribution is 2.32. The predicted octanol–water partition coefficient (Wildman–Crippen LogP) is 2.17. The van der Waals surface area contributed by atoms with Gasteiger partial charge in [0.05, 0.1) is 13.2 Å². The van der Waals surface area contributed by atoms with Crippen molar-refractivity contribution < 1.29 is 9.53 Å². The second-order valence-electron chi connectivity index (χ2n) is 5.33. The Balaban J connectivity index is 0.00000200. The summed E-state index contributed by atoms with van der Waals surface area (Å²) in [6, 6.07) is 7.93. The summed E-state index contributed by atoms with van der Waals surface area (Å²) >= 11 is 0. The Hall–Kier alpha value is -1.26. The smallest absolute Gasteiger partial charge is 0.239 e.